The van der Waals surface area contributed by atoms with Gasteiger partial charge in [0.05, 0.1) is 0 Å². The third kappa shape index (κ3) is 4.43. The van der Waals surface area contributed by atoms with Crippen molar-refractivity contribution < 1.29 is 0 Å². The van der Waals surface area contributed by atoms with E-state index in [1.165, 1.54) is 38.5 Å². The van der Waals surface area contributed by atoms with Crippen LogP contribution in [0, 0.1) is 0 Å². The van der Waals surface area contributed by atoms with Crippen LogP contribution < -0.4 is 10.9 Å². The zero-order chi connectivity index (χ0) is 28.6. The van der Waals surface area contributed by atoms with Crippen molar-refractivity contribution >= 4 is 29.6 Å². The van der Waals surface area contributed by atoms with E-state index < -0.39 is 5.66 Å². The van der Waals surface area contributed by atoms with Gasteiger partial charge in [0, 0.05) is 0 Å². The predicted octanol–water partition coefficient (Wildman–Crippen LogP) is 8.23. The fourth-order valence-electron chi connectivity index (χ4n) is 6.68. The van der Waals surface area contributed by atoms with E-state index in [-0.39, 0.29) is 0 Å². The molecule has 4 heteroatoms. The van der Waals surface area contributed by atoms with E-state index in [2.05, 4.69) is 163 Å². The molecule has 0 saturated carbocycles. The first kappa shape index (κ1) is 25.6. The Balaban J connectivity index is 1.36. The molecule has 2 N–H and O–H groups in total. The normalized spacial score (nSPS) is 17.3. The van der Waals surface area contributed by atoms with E-state index >= 15 is 0 Å². The molecule has 2 heterocycles. The average Bonchev–Trinajstić information content (AvgIpc) is 3.55. The van der Waals surface area contributed by atoms with Gasteiger partial charge >= 0.3 is 223 Å². The summed E-state index contributed by atoms with van der Waals surface area (Å²) in [5, 5.41) is 2.38. The molecule has 3 nitrogen and oxygen atoms in total. The summed E-state index contributed by atoms with van der Waals surface area (Å²) in [4.78, 5) is 5.59. The van der Waals surface area contributed by atoms with E-state index in [4.69, 9.17) is 4.99 Å². The average molecular weight is 552 g/mol. The first-order valence-corrected chi connectivity index (χ1v) is 15.0. The van der Waals surface area contributed by atoms with Gasteiger partial charge in [-0.1, -0.05) is 30.3 Å². The standard InChI is InChI=1S/C39H30BN3/c1-2-12-27(13-3-1)29-16-10-17-30(26-29)38-41-39(43-42-38,35-21-11-15-28-14-4-5-18-31(28)35)36-24-23-34(37-22-8-9-25-40-37)32-19-6-7-20-33(32)36/h1-5,7-18,20-26,43H,6,19H2,(H,41,42). The van der Waals surface area contributed by atoms with Crippen molar-refractivity contribution in [3.63, 3.8) is 0 Å². The summed E-state index contributed by atoms with van der Waals surface area (Å²) in [6.45, 7) is 2.21. The molecule has 6 aromatic rings. The molecular formula is C39H30BN3. The Morgan fingerprint density at radius 1 is 0.674 bits per heavy atom. The quantitative estimate of drug-likeness (QED) is 0.227. The number of hydrogen-bond acceptors (Lipinski definition) is 3. The Hall–Kier alpha value is -5.06. The first-order chi connectivity index (χ1) is 21.3. The van der Waals surface area contributed by atoms with Gasteiger partial charge in [-0.05, 0) is 0 Å². The number of nitrogens with one attached hydrogen (secondary N) is 2. The molecule has 1 aromatic heterocycles. The summed E-state index contributed by atoms with van der Waals surface area (Å²) in [5.41, 5.74) is 17.3. The van der Waals surface area contributed by atoms with Crippen LogP contribution in [0.15, 0.2) is 144 Å². The van der Waals surface area contributed by atoms with Crippen molar-refractivity contribution in [1.29, 1.82) is 0 Å². The molecule has 8 rings (SSSR count). The summed E-state index contributed by atoms with van der Waals surface area (Å²) in [6.07, 6.45) is 6.63. The summed E-state index contributed by atoms with van der Waals surface area (Å²) in [6, 6.07) is 45.2. The molecule has 0 spiro atoms. The van der Waals surface area contributed by atoms with Crippen LogP contribution in [-0.4, -0.2) is 12.7 Å². The van der Waals surface area contributed by atoms with Crippen LogP contribution in [0.4, 0.5) is 0 Å². The summed E-state index contributed by atoms with van der Waals surface area (Å²) >= 11 is 0. The molecule has 2 aliphatic rings. The van der Waals surface area contributed by atoms with Gasteiger partial charge in [-0.3, -0.25) is 0 Å². The van der Waals surface area contributed by atoms with Crippen LogP contribution in [-0.2, 0) is 12.1 Å². The predicted molar refractivity (Wildman–Crippen MR) is 180 cm³/mol. The molecule has 1 aliphatic heterocycles. The van der Waals surface area contributed by atoms with Crippen molar-refractivity contribution in [2.24, 2.45) is 4.99 Å². The second-order valence-corrected chi connectivity index (χ2v) is 11.3. The molecule has 5 aromatic carbocycles. The Kier molecular flexibility index (Phi) is 6.35. The van der Waals surface area contributed by atoms with Gasteiger partial charge in [0.15, 0.2) is 0 Å². The maximum atomic E-state index is 5.59. The number of fused-ring (bicyclic) bond motifs is 2. The summed E-state index contributed by atoms with van der Waals surface area (Å²) in [7, 11) is 0. The van der Waals surface area contributed by atoms with Crippen molar-refractivity contribution in [2.75, 3.05) is 0 Å². The molecule has 0 fully saturated rings. The molecule has 0 saturated heterocycles. The zero-order valence-corrected chi connectivity index (χ0v) is 23.8. The van der Waals surface area contributed by atoms with Crippen LogP contribution in [0.3, 0.4) is 0 Å². The van der Waals surface area contributed by atoms with Crippen LogP contribution in [0.1, 0.15) is 34.2 Å². The van der Waals surface area contributed by atoms with E-state index in [9.17, 15) is 0 Å². The number of aliphatic imine (C=N–C) groups is 1. The van der Waals surface area contributed by atoms with Crippen LogP contribution in [0.5, 0.6) is 0 Å². The van der Waals surface area contributed by atoms with E-state index in [1.54, 1.807) is 0 Å². The molecule has 1 unspecified atom stereocenters. The number of benzene rings is 5. The number of allylic oxidation sites excluding steroid dienone is 1. The van der Waals surface area contributed by atoms with Crippen molar-refractivity contribution in [1.82, 2.24) is 10.9 Å². The first-order valence-electron chi connectivity index (χ1n) is 15.0. The Morgan fingerprint density at radius 3 is 2.37 bits per heavy atom. The molecule has 1 atom stereocenters. The Bertz CT molecular complexity index is 2030. The molecular weight excluding hydrogens is 521 g/mol. The summed E-state index contributed by atoms with van der Waals surface area (Å²) in [5.74, 6) is 2.94. The Morgan fingerprint density at radius 2 is 1.47 bits per heavy atom. The van der Waals surface area contributed by atoms with Crippen LogP contribution >= 0.6 is 0 Å². The van der Waals surface area contributed by atoms with Crippen LogP contribution in [0.2, 0.25) is 0 Å². The van der Waals surface area contributed by atoms with Crippen LogP contribution in [0.25, 0.3) is 39.0 Å². The van der Waals surface area contributed by atoms with Crippen molar-refractivity contribution in [3.8, 4) is 22.1 Å². The van der Waals surface area contributed by atoms with Gasteiger partial charge in [0.2, 0.25) is 0 Å². The van der Waals surface area contributed by atoms with Crippen molar-refractivity contribution in [2.45, 2.75) is 18.5 Å². The topological polar surface area (TPSA) is 36.4 Å². The van der Waals surface area contributed by atoms with E-state index in [0.29, 0.717) is 0 Å². The molecule has 43 heavy (non-hydrogen) atoms. The second kappa shape index (κ2) is 10.7. The van der Waals surface area contributed by atoms with Gasteiger partial charge < -0.3 is 0 Å². The molecule has 0 amide bonds. The maximum absolute atomic E-state index is 5.59. The summed E-state index contributed by atoms with van der Waals surface area (Å²) < 4.78 is 0. The number of hydrazine groups is 1. The fourth-order valence-corrected chi connectivity index (χ4v) is 6.68. The van der Waals surface area contributed by atoms with Crippen molar-refractivity contribution in [3.05, 3.63) is 167 Å². The van der Waals surface area contributed by atoms with E-state index in [1.807, 2.05) is 0 Å². The Labute approximate surface area is 252 Å². The third-order valence-electron chi connectivity index (χ3n) is 8.74. The molecule has 1 aliphatic carbocycles. The third-order valence-corrected chi connectivity index (χ3v) is 8.74. The van der Waals surface area contributed by atoms with E-state index in [0.717, 1.165) is 40.9 Å². The molecule has 204 valence electrons. The molecule has 0 bridgehead atoms. The van der Waals surface area contributed by atoms with Gasteiger partial charge in [-0.15, -0.1) is 0 Å². The number of hydrogen-bond donors (Lipinski definition) is 2. The van der Waals surface area contributed by atoms with Gasteiger partial charge in [-0.25, -0.2) is 0 Å². The number of rotatable bonds is 5. The van der Waals surface area contributed by atoms with Gasteiger partial charge in [0.1, 0.15) is 0 Å². The zero-order valence-electron chi connectivity index (χ0n) is 23.8. The number of nitrogens with zero attached hydrogens (tertiary/aromatic N) is 1. The van der Waals surface area contributed by atoms with Gasteiger partial charge in [-0.2, -0.15) is 0 Å². The van der Waals surface area contributed by atoms with Gasteiger partial charge in [0.25, 0.3) is 0 Å². The number of amidine groups is 1. The molecule has 0 radical (unpaired) electrons. The minimum atomic E-state index is -0.833. The fraction of sp³-hybridized carbons (Fsp3) is 0.0769. The second-order valence-electron chi connectivity index (χ2n) is 11.3. The minimum absolute atomic E-state index is 0.825. The monoisotopic (exact) mass is 551 g/mol. The SMILES string of the molecule is b1ccccc1-c1ccc(C2(c3cccc4ccccc34)N=C(c3cccc(-c4ccccc4)c3)NN2)c2c1CCC=C2.